The minimum Gasteiger partial charge on any atom is -0.314 e. The van der Waals surface area contributed by atoms with Gasteiger partial charge >= 0.3 is 0 Å². The van der Waals surface area contributed by atoms with Crippen LogP contribution in [0, 0.1) is 11.8 Å². The van der Waals surface area contributed by atoms with Crippen molar-refractivity contribution in [3.8, 4) is 0 Å². The second-order valence-electron chi connectivity index (χ2n) is 5.43. The van der Waals surface area contributed by atoms with Crippen LogP contribution < -0.4 is 5.32 Å². The number of hydrogen-bond acceptors (Lipinski definition) is 2. The van der Waals surface area contributed by atoms with Crippen LogP contribution in [-0.2, 0) is 13.0 Å². The molecule has 1 rings (SSSR count). The predicted octanol–water partition coefficient (Wildman–Crippen LogP) is 2.72. The van der Waals surface area contributed by atoms with E-state index in [0.29, 0.717) is 17.9 Å². The first-order valence-corrected chi connectivity index (χ1v) is 6.77. The van der Waals surface area contributed by atoms with Gasteiger partial charge in [0.2, 0.25) is 0 Å². The van der Waals surface area contributed by atoms with Crippen LogP contribution in [0.1, 0.15) is 40.2 Å². The van der Waals surface area contributed by atoms with Gasteiger partial charge in [0.15, 0.2) is 0 Å². The molecular formula is C14H27N3. The Hall–Kier alpha value is -0.830. The highest BCUT2D eigenvalue weighted by molar-refractivity contribution is 5.05. The molecule has 0 aromatic carbocycles. The topological polar surface area (TPSA) is 29.9 Å². The van der Waals surface area contributed by atoms with Crippen LogP contribution in [0.15, 0.2) is 12.4 Å². The second-order valence-corrected chi connectivity index (χ2v) is 5.43. The molecule has 3 nitrogen and oxygen atoms in total. The normalized spacial score (nSPS) is 15.2. The average molecular weight is 237 g/mol. The van der Waals surface area contributed by atoms with Crippen LogP contribution in [0.5, 0.6) is 0 Å². The minimum absolute atomic E-state index is 0.576. The Labute approximate surface area is 106 Å². The number of nitrogens with one attached hydrogen (secondary N) is 1. The van der Waals surface area contributed by atoms with Gasteiger partial charge in [-0.05, 0) is 37.3 Å². The molecular weight excluding hydrogens is 210 g/mol. The van der Waals surface area contributed by atoms with Crippen molar-refractivity contribution < 1.29 is 0 Å². The number of nitrogens with zero attached hydrogens (tertiary/aromatic N) is 2. The van der Waals surface area contributed by atoms with Crippen molar-refractivity contribution in [2.45, 2.75) is 53.6 Å². The number of hydrogen-bond donors (Lipinski definition) is 1. The zero-order chi connectivity index (χ0) is 12.8. The van der Waals surface area contributed by atoms with Gasteiger partial charge in [0.05, 0.1) is 6.20 Å². The number of aromatic nitrogens is 2. The molecule has 2 atom stereocenters. The molecule has 2 unspecified atom stereocenters. The molecule has 98 valence electrons. The highest BCUT2D eigenvalue weighted by atomic mass is 15.3. The monoisotopic (exact) mass is 237 g/mol. The smallest absolute Gasteiger partial charge is 0.0521 e. The van der Waals surface area contributed by atoms with Crippen LogP contribution in [0.3, 0.4) is 0 Å². The molecule has 0 aliphatic carbocycles. The summed E-state index contributed by atoms with van der Waals surface area (Å²) in [7, 11) is 0. The van der Waals surface area contributed by atoms with Gasteiger partial charge in [-0.1, -0.05) is 27.7 Å². The molecule has 0 radical (unpaired) electrons. The van der Waals surface area contributed by atoms with Gasteiger partial charge in [0.1, 0.15) is 0 Å². The van der Waals surface area contributed by atoms with Crippen molar-refractivity contribution in [2.75, 3.05) is 6.54 Å². The van der Waals surface area contributed by atoms with Crippen LogP contribution >= 0.6 is 0 Å². The Morgan fingerprint density at radius 2 is 1.94 bits per heavy atom. The fourth-order valence-electron chi connectivity index (χ4n) is 1.88. The highest BCUT2D eigenvalue weighted by Crippen LogP contribution is 2.16. The second kappa shape index (κ2) is 6.80. The summed E-state index contributed by atoms with van der Waals surface area (Å²) in [6.45, 7) is 13.2. The summed E-state index contributed by atoms with van der Waals surface area (Å²) in [6.07, 6.45) is 5.29. The fraction of sp³-hybridized carbons (Fsp3) is 0.786. The van der Waals surface area contributed by atoms with E-state index in [1.165, 1.54) is 5.56 Å². The summed E-state index contributed by atoms with van der Waals surface area (Å²) >= 11 is 0. The van der Waals surface area contributed by atoms with E-state index in [1.807, 2.05) is 10.9 Å². The Morgan fingerprint density at radius 1 is 1.24 bits per heavy atom. The first-order chi connectivity index (χ1) is 8.02. The van der Waals surface area contributed by atoms with Gasteiger partial charge in [0.25, 0.3) is 0 Å². The lowest BCUT2D eigenvalue weighted by molar-refractivity contribution is 0.354. The molecule has 0 amide bonds. The molecule has 0 fully saturated rings. The molecule has 1 aromatic heterocycles. The van der Waals surface area contributed by atoms with Gasteiger partial charge in [0, 0.05) is 18.8 Å². The molecule has 1 N–H and O–H groups in total. The van der Waals surface area contributed by atoms with Crippen LogP contribution in [0.4, 0.5) is 0 Å². The lowest BCUT2D eigenvalue weighted by atomic mass is 9.90. The van der Waals surface area contributed by atoms with Gasteiger partial charge in [-0.2, -0.15) is 5.10 Å². The average Bonchev–Trinajstić information content (AvgIpc) is 2.73. The summed E-state index contributed by atoms with van der Waals surface area (Å²) in [6, 6.07) is 0.576. The lowest BCUT2D eigenvalue weighted by Crippen LogP contribution is -2.30. The Bertz CT molecular complexity index is 317. The van der Waals surface area contributed by atoms with E-state index < -0.39 is 0 Å². The molecule has 3 heteroatoms. The van der Waals surface area contributed by atoms with E-state index >= 15 is 0 Å². The van der Waals surface area contributed by atoms with Gasteiger partial charge in [-0.3, -0.25) is 4.68 Å². The van der Waals surface area contributed by atoms with Crippen LogP contribution in [0.25, 0.3) is 0 Å². The summed E-state index contributed by atoms with van der Waals surface area (Å²) in [5.41, 5.74) is 1.36. The molecule has 1 aromatic rings. The van der Waals surface area contributed by atoms with Crippen LogP contribution in [-0.4, -0.2) is 22.4 Å². The minimum atomic E-state index is 0.576. The SMILES string of the molecule is CCn1cc(CC(C)C(C)CNC(C)C)cn1. The molecule has 0 bridgehead atoms. The Kier molecular flexibility index (Phi) is 5.69. The first kappa shape index (κ1) is 14.2. The maximum absolute atomic E-state index is 4.32. The fourth-order valence-corrected chi connectivity index (χ4v) is 1.88. The van der Waals surface area contributed by atoms with Crippen LogP contribution in [0.2, 0.25) is 0 Å². The Balaban J connectivity index is 2.39. The van der Waals surface area contributed by atoms with E-state index in [9.17, 15) is 0 Å². The quantitative estimate of drug-likeness (QED) is 0.790. The van der Waals surface area contributed by atoms with E-state index in [2.05, 4.69) is 51.2 Å². The summed E-state index contributed by atoms with van der Waals surface area (Å²) in [5, 5.41) is 7.83. The highest BCUT2D eigenvalue weighted by Gasteiger charge is 2.13. The molecule has 0 aliphatic heterocycles. The summed E-state index contributed by atoms with van der Waals surface area (Å²) in [4.78, 5) is 0. The molecule has 0 spiro atoms. The Morgan fingerprint density at radius 3 is 2.47 bits per heavy atom. The van der Waals surface area contributed by atoms with Crippen molar-refractivity contribution >= 4 is 0 Å². The molecule has 0 saturated carbocycles. The standard InChI is InChI=1S/C14H27N3/c1-6-17-10-14(9-16-17)7-12(4)13(5)8-15-11(2)3/h9-13,15H,6-8H2,1-5H3. The predicted molar refractivity (Wildman–Crippen MR) is 73.1 cm³/mol. The van der Waals surface area contributed by atoms with Crippen molar-refractivity contribution in [1.82, 2.24) is 15.1 Å². The molecule has 0 saturated heterocycles. The van der Waals surface area contributed by atoms with E-state index in [-0.39, 0.29) is 0 Å². The van der Waals surface area contributed by atoms with Gasteiger partial charge in [-0.15, -0.1) is 0 Å². The van der Waals surface area contributed by atoms with E-state index in [1.54, 1.807) is 0 Å². The zero-order valence-electron chi connectivity index (χ0n) is 11.9. The molecule has 17 heavy (non-hydrogen) atoms. The largest absolute Gasteiger partial charge is 0.314 e. The number of rotatable bonds is 7. The van der Waals surface area contributed by atoms with Gasteiger partial charge < -0.3 is 5.32 Å². The van der Waals surface area contributed by atoms with Gasteiger partial charge in [-0.25, -0.2) is 0 Å². The summed E-state index contributed by atoms with van der Waals surface area (Å²) in [5.74, 6) is 1.39. The maximum Gasteiger partial charge on any atom is 0.0521 e. The molecule has 1 heterocycles. The first-order valence-electron chi connectivity index (χ1n) is 6.77. The maximum atomic E-state index is 4.32. The van der Waals surface area contributed by atoms with E-state index in [4.69, 9.17) is 0 Å². The van der Waals surface area contributed by atoms with Crippen molar-refractivity contribution in [1.29, 1.82) is 0 Å². The van der Waals surface area contributed by atoms with Crippen molar-refractivity contribution in [3.05, 3.63) is 18.0 Å². The zero-order valence-corrected chi connectivity index (χ0v) is 11.9. The third-order valence-corrected chi connectivity index (χ3v) is 3.39. The van der Waals surface area contributed by atoms with Crippen molar-refractivity contribution in [2.24, 2.45) is 11.8 Å². The third-order valence-electron chi connectivity index (χ3n) is 3.39. The van der Waals surface area contributed by atoms with E-state index in [0.717, 1.165) is 19.5 Å². The van der Waals surface area contributed by atoms with Crippen molar-refractivity contribution in [3.63, 3.8) is 0 Å². The third kappa shape index (κ3) is 4.90. The number of aryl methyl sites for hydroxylation is 1. The lowest BCUT2D eigenvalue weighted by Gasteiger charge is -2.21. The molecule has 0 aliphatic rings. The summed E-state index contributed by atoms with van der Waals surface area (Å²) < 4.78 is 2.00.